The summed E-state index contributed by atoms with van der Waals surface area (Å²) in [7, 11) is 0. The molecule has 0 fully saturated rings. The summed E-state index contributed by atoms with van der Waals surface area (Å²) in [5.41, 5.74) is 4.86. The predicted molar refractivity (Wildman–Crippen MR) is 77.5 cm³/mol. The maximum absolute atomic E-state index is 11.4. The van der Waals surface area contributed by atoms with E-state index in [4.69, 9.17) is 0 Å². The quantitative estimate of drug-likeness (QED) is 0.774. The van der Waals surface area contributed by atoms with E-state index in [0.29, 0.717) is 11.0 Å². The smallest absolute Gasteiger partial charge is 0.337 e. The molecule has 0 aliphatic heterocycles. The number of carbonyl (C=O) groups is 1. The van der Waals surface area contributed by atoms with Gasteiger partial charge in [-0.1, -0.05) is 12.1 Å². The highest BCUT2D eigenvalue weighted by Gasteiger charge is 2.14. The lowest BCUT2D eigenvalue weighted by atomic mass is 10.1. The molecule has 0 aliphatic carbocycles. The normalized spacial score (nSPS) is 10.9. The van der Waals surface area contributed by atoms with Crippen LogP contribution in [0.2, 0.25) is 0 Å². The molecule has 100 valence electrons. The van der Waals surface area contributed by atoms with Gasteiger partial charge in [-0.15, -0.1) is 0 Å². The highest BCUT2D eigenvalue weighted by atomic mass is 16.4. The van der Waals surface area contributed by atoms with Gasteiger partial charge in [0.1, 0.15) is 6.33 Å². The van der Waals surface area contributed by atoms with Crippen LogP contribution in [0.1, 0.15) is 21.5 Å². The fraction of sp³-hybridized carbons (Fsp3) is 0.125. The zero-order valence-corrected chi connectivity index (χ0v) is 11.3. The van der Waals surface area contributed by atoms with E-state index in [9.17, 15) is 9.90 Å². The van der Waals surface area contributed by atoms with Gasteiger partial charge < -0.3 is 5.11 Å². The molecule has 4 heteroatoms. The van der Waals surface area contributed by atoms with Crippen LogP contribution in [0.25, 0.3) is 16.7 Å². The van der Waals surface area contributed by atoms with E-state index in [0.717, 1.165) is 11.3 Å². The lowest BCUT2D eigenvalue weighted by molar-refractivity contribution is 0.0698. The van der Waals surface area contributed by atoms with Crippen molar-refractivity contribution in [3.8, 4) is 5.69 Å². The minimum atomic E-state index is -0.943. The molecule has 0 radical (unpaired) electrons. The third kappa shape index (κ3) is 1.86. The van der Waals surface area contributed by atoms with Gasteiger partial charge in [0.2, 0.25) is 0 Å². The number of carboxylic acids is 1. The maximum atomic E-state index is 11.4. The average molecular weight is 266 g/mol. The minimum absolute atomic E-state index is 0.262. The summed E-state index contributed by atoms with van der Waals surface area (Å²) in [4.78, 5) is 15.7. The Bertz CT molecular complexity index is 818. The van der Waals surface area contributed by atoms with E-state index in [1.807, 2.05) is 42.7 Å². The van der Waals surface area contributed by atoms with E-state index < -0.39 is 5.97 Å². The van der Waals surface area contributed by atoms with E-state index >= 15 is 0 Å². The first kappa shape index (κ1) is 12.4. The number of hydrogen-bond acceptors (Lipinski definition) is 2. The number of rotatable bonds is 2. The molecule has 0 amide bonds. The molecule has 2 aromatic carbocycles. The van der Waals surface area contributed by atoms with Gasteiger partial charge in [-0.25, -0.2) is 9.78 Å². The van der Waals surface area contributed by atoms with Crippen LogP contribution < -0.4 is 0 Å². The summed E-state index contributed by atoms with van der Waals surface area (Å²) >= 11 is 0. The van der Waals surface area contributed by atoms with E-state index in [1.165, 1.54) is 5.56 Å². The number of aromatic nitrogens is 2. The number of carboxylic acid groups (broad SMARTS) is 1. The van der Waals surface area contributed by atoms with Crippen molar-refractivity contribution in [3.63, 3.8) is 0 Å². The fourth-order valence-electron chi connectivity index (χ4n) is 2.31. The average Bonchev–Trinajstić information content (AvgIpc) is 2.85. The number of nitrogens with zero attached hydrogens (tertiary/aromatic N) is 2. The summed E-state index contributed by atoms with van der Waals surface area (Å²) in [5.74, 6) is -0.943. The van der Waals surface area contributed by atoms with Crippen molar-refractivity contribution in [2.24, 2.45) is 0 Å². The summed E-state index contributed by atoms with van der Waals surface area (Å²) in [6.45, 7) is 4.09. The van der Waals surface area contributed by atoms with Crippen LogP contribution in [-0.2, 0) is 0 Å². The van der Waals surface area contributed by atoms with Gasteiger partial charge in [-0.05, 0) is 49.2 Å². The molecular formula is C16H14N2O2. The van der Waals surface area contributed by atoms with Crippen LogP contribution in [-0.4, -0.2) is 20.6 Å². The fourth-order valence-corrected chi connectivity index (χ4v) is 2.31. The standard InChI is InChI=1S/C16H14N2O2/c1-10-6-7-12(8-11(10)2)18-9-17-14-5-3-4-13(15(14)18)16(19)20/h3-9H,1-2H3,(H,19,20). The van der Waals surface area contributed by atoms with Crippen molar-refractivity contribution in [1.29, 1.82) is 0 Å². The number of imidazole rings is 1. The molecule has 0 unspecified atom stereocenters. The van der Waals surface area contributed by atoms with Gasteiger partial charge in [0.15, 0.2) is 0 Å². The molecule has 1 aromatic heterocycles. The highest BCUT2D eigenvalue weighted by Crippen LogP contribution is 2.23. The van der Waals surface area contributed by atoms with Gasteiger partial charge in [-0.2, -0.15) is 0 Å². The molecule has 1 N–H and O–H groups in total. The maximum Gasteiger partial charge on any atom is 0.337 e. The Kier molecular flexibility index (Phi) is 2.79. The molecule has 20 heavy (non-hydrogen) atoms. The van der Waals surface area contributed by atoms with Crippen LogP contribution in [0, 0.1) is 13.8 Å². The Morgan fingerprint density at radius 3 is 2.65 bits per heavy atom. The zero-order chi connectivity index (χ0) is 14.3. The van der Waals surface area contributed by atoms with Crippen molar-refractivity contribution in [2.45, 2.75) is 13.8 Å². The molecule has 0 aliphatic rings. The van der Waals surface area contributed by atoms with Crippen LogP contribution in [0.3, 0.4) is 0 Å². The van der Waals surface area contributed by atoms with Gasteiger partial charge in [0, 0.05) is 5.69 Å². The highest BCUT2D eigenvalue weighted by molar-refractivity contribution is 6.01. The summed E-state index contributed by atoms with van der Waals surface area (Å²) < 4.78 is 1.82. The largest absolute Gasteiger partial charge is 0.478 e. The van der Waals surface area contributed by atoms with Gasteiger partial charge in [-0.3, -0.25) is 4.57 Å². The second kappa shape index (κ2) is 4.49. The first-order valence-corrected chi connectivity index (χ1v) is 6.35. The molecule has 3 aromatic rings. The predicted octanol–water partition coefficient (Wildman–Crippen LogP) is 3.34. The van der Waals surface area contributed by atoms with Crippen LogP contribution in [0.5, 0.6) is 0 Å². The van der Waals surface area contributed by atoms with Crippen molar-refractivity contribution in [2.75, 3.05) is 0 Å². The summed E-state index contributed by atoms with van der Waals surface area (Å²) in [5, 5.41) is 9.33. The SMILES string of the molecule is Cc1ccc(-n2cnc3cccc(C(=O)O)c32)cc1C. The number of fused-ring (bicyclic) bond motifs is 1. The second-order valence-corrected chi connectivity index (χ2v) is 4.86. The number of para-hydroxylation sites is 1. The molecule has 0 atom stereocenters. The van der Waals surface area contributed by atoms with Crippen LogP contribution in [0.4, 0.5) is 0 Å². The van der Waals surface area contributed by atoms with Crippen LogP contribution in [0.15, 0.2) is 42.7 Å². The Morgan fingerprint density at radius 1 is 1.15 bits per heavy atom. The molecule has 4 nitrogen and oxygen atoms in total. The topological polar surface area (TPSA) is 55.1 Å². The molecule has 0 bridgehead atoms. The number of aryl methyl sites for hydroxylation is 2. The lowest BCUT2D eigenvalue weighted by Gasteiger charge is -2.09. The third-order valence-electron chi connectivity index (χ3n) is 3.57. The zero-order valence-electron chi connectivity index (χ0n) is 11.3. The Morgan fingerprint density at radius 2 is 1.95 bits per heavy atom. The first-order valence-electron chi connectivity index (χ1n) is 6.35. The minimum Gasteiger partial charge on any atom is -0.478 e. The lowest BCUT2D eigenvalue weighted by Crippen LogP contribution is -2.02. The number of aromatic carboxylic acids is 1. The van der Waals surface area contributed by atoms with Gasteiger partial charge in [0.25, 0.3) is 0 Å². The Hall–Kier alpha value is -2.62. The summed E-state index contributed by atoms with van der Waals surface area (Å²) in [6, 6.07) is 11.2. The molecule has 0 saturated heterocycles. The van der Waals surface area contributed by atoms with E-state index in [-0.39, 0.29) is 5.56 Å². The Balaban J connectivity index is 2.31. The number of hydrogen-bond donors (Lipinski definition) is 1. The van der Waals surface area contributed by atoms with Crippen molar-refractivity contribution in [3.05, 3.63) is 59.4 Å². The second-order valence-electron chi connectivity index (χ2n) is 4.86. The summed E-state index contributed by atoms with van der Waals surface area (Å²) in [6.07, 6.45) is 1.67. The molecule has 1 heterocycles. The number of benzene rings is 2. The van der Waals surface area contributed by atoms with E-state index in [2.05, 4.69) is 4.98 Å². The monoisotopic (exact) mass is 266 g/mol. The van der Waals surface area contributed by atoms with Gasteiger partial charge >= 0.3 is 5.97 Å². The van der Waals surface area contributed by atoms with Crippen molar-refractivity contribution >= 4 is 17.0 Å². The van der Waals surface area contributed by atoms with Crippen molar-refractivity contribution < 1.29 is 9.90 Å². The first-order chi connectivity index (χ1) is 9.58. The third-order valence-corrected chi connectivity index (χ3v) is 3.57. The molecular weight excluding hydrogens is 252 g/mol. The van der Waals surface area contributed by atoms with E-state index in [1.54, 1.807) is 18.5 Å². The Labute approximate surface area is 116 Å². The molecule has 0 saturated carbocycles. The molecule has 3 rings (SSSR count). The van der Waals surface area contributed by atoms with Crippen LogP contribution >= 0.6 is 0 Å². The van der Waals surface area contributed by atoms with Crippen molar-refractivity contribution in [1.82, 2.24) is 9.55 Å². The van der Waals surface area contributed by atoms with Gasteiger partial charge in [0.05, 0.1) is 16.6 Å². The molecule has 0 spiro atoms.